The van der Waals surface area contributed by atoms with E-state index >= 15 is 0 Å². The van der Waals surface area contributed by atoms with Crippen LogP contribution in [0.25, 0.3) is 0 Å². The molecule has 94 valence electrons. The van der Waals surface area contributed by atoms with E-state index in [0.29, 0.717) is 0 Å². The number of para-hydroxylation sites is 1. The fourth-order valence-electron chi connectivity index (χ4n) is 2.14. The van der Waals surface area contributed by atoms with Crippen LogP contribution in [0, 0.1) is 0 Å². The van der Waals surface area contributed by atoms with Crippen LogP contribution in [0.5, 0.6) is 5.75 Å². The zero-order chi connectivity index (χ0) is 12.1. The monoisotopic (exact) mass is 254 g/mol. The van der Waals surface area contributed by atoms with Gasteiger partial charge in [0.2, 0.25) is 0 Å². The van der Waals surface area contributed by atoms with Crippen LogP contribution in [-0.2, 0) is 6.42 Å². The molecule has 0 radical (unpaired) electrons. The lowest BCUT2D eigenvalue weighted by Gasteiger charge is -2.31. The third kappa shape index (κ3) is 3.35. The van der Waals surface area contributed by atoms with Crippen molar-refractivity contribution in [3.05, 3.63) is 29.8 Å². The first-order chi connectivity index (χ1) is 8.31. The molecule has 0 bridgehead atoms. The predicted octanol–water partition coefficient (Wildman–Crippen LogP) is 1.71. The van der Waals surface area contributed by atoms with Gasteiger partial charge in [-0.15, -0.1) is 11.6 Å². The molecule has 0 aliphatic carbocycles. The number of methoxy groups -OCH3 is 1. The summed E-state index contributed by atoms with van der Waals surface area (Å²) in [6.07, 6.45) is 0.825. The first-order valence-corrected chi connectivity index (χ1v) is 6.45. The molecule has 1 aromatic rings. The highest BCUT2D eigenvalue weighted by Gasteiger charge is 2.19. The third-order valence-electron chi connectivity index (χ3n) is 3.13. The zero-order valence-corrected chi connectivity index (χ0v) is 10.9. The second-order valence-corrected chi connectivity index (χ2v) is 4.74. The fourth-order valence-corrected chi connectivity index (χ4v) is 2.51. The van der Waals surface area contributed by atoms with E-state index in [9.17, 15) is 0 Å². The maximum atomic E-state index is 6.47. The Labute approximate surface area is 108 Å². The maximum absolute atomic E-state index is 6.47. The van der Waals surface area contributed by atoms with Crippen molar-refractivity contribution >= 4 is 11.6 Å². The standard InChI is InChI=1S/C13H19ClN2O/c1-17-12-5-3-2-4-11(12)10-13(14)16-8-6-15-7-9-16/h2-5,13,15H,6-10H2,1H3. The van der Waals surface area contributed by atoms with E-state index in [1.165, 1.54) is 5.56 Å². The summed E-state index contributed by atoms with van der Waals surface area (Å²) in [5, 5.41) is 3.33. The van der Waals surface area contributed by atoms with E-state index in [4.69, 9.17) is 16.3 Å². The predicted molar refractivity (Wildman–Crippen MR) is 70.8 cm³/mol. The lowest BCUT2D eigenvalue weighted by Crippen LogP contribution is -2.47. The van der Waals surface area contributed by atoms with Crippen LogP contribution in [-0.4, -0.2) is 43.7 Å². The van der Waals surface area contributed by atoms with Crippen LogP contribution in [0.3, 0.4) is 0 Å². The number of ether oxygens (including phenoxy) is 1. The number of piperazine rings is 1. The molecule has 17 heavy (non-hydrogen) atoms. The van der Waals surface area contributed by atoms with Crippen molar-refractivity contribution in [2.75, 3.05) is 33.3 Å². The van der Waals surface area contributed by atoms with Crippen LogP contribution < -0.4 is 10.1 Å². The number of alkyl halides is 1. The second-order valence-electron chi connectivity index (χ2n) is 4.24. The molecule has 2 rings (SSSR count). The van der Waals surface area contributed by atoms with E-state index in [1.807, 2.05) is 18.2 Å². The van der Waals surface area contributed by atoms with Gasteiger partial charge >= 0.3 is 0 Å². The van der Waals surface area contributed by atoms with E-state index in [0.717, 1.165) is 38.3 Å². The van der Waals surface area contributed by atoms with Crippen molar-refractivity contribution in [3.8, 4) is 5.75 Å². The fraction of sp³-hybridized carbons (Fsp3) is 0.538. The SMILES string of the molecule is COc1ccccc1CC(Cl)N1CCNCC1. The van der Waals surface area contributed by atoms with E-state index in [-0.39, 0.29) is 5.50 Å². The van der Waals surface area contributed by atoms with Crippen LogP contribution >= 0.6 is 11.6 Å². The number of rotatable bonds is 4. The van der Waals surface area contributed by atoms with Crippen molar-refractivity contribution in [1.82, 2.24) is 10.2 Å². The molecule has 1 atom stereocenters. The van der Waals surface area contributed by atoms with Gasteiger partial charge in [0.25, 0.3) is 0 Å². The molecule has 1 aliphatic heterocycles. The van der Waals surface area contributed by atoms with Gasteiger partial charge in [0.05, 0.1) is 12.6 Å². The molecular formula is C13H19ClN2O. The van der Waals surface area contributed by atoms with Gasteiger partial charge in [-0.05, 0) is 11.6 Å². The highest BCUT2D eigenvalue weighted by molar-refractivity contribution is 6.20. The lowest BCUT2D eigenvalue weighted by molar-refractivity contribution is 0.219. The second kappa shape index (κ2) is 6.24. The van der Waals surface area contributed by atoms with Gasteiger partial charge in [-0.25, -0.2) is 0 Å². The molecule has 1 heterocycles. The smallest absolute Gasteiger partial charge is 0.122 e. The Hall–Kier alpha value is -0.770. The van der Waals surface area contributed by atoms with Crippen LogP contribution in [0.4, 0.5) is 0 Å². The maximum Gasteiger partial charge on any atom is 0.122 e. The molecule has 1 N–H and O–H groups in total. The summed E-state index contributed by atoms with van der Waals surface area (Å²) in [4.78, 5) is 2.31. The van der Waals surface area contributed by atoms with Gasteiger partial charge in [-0.1, -0.05) is 18.2 Å². The minimum Gasteiger partial charge on any atom is -0.496 e. The normalized spacial score (nSPS) is 18.9. The molecular weight excluding hydrogens is 236 g/mol. The number of nitrogens with zero attached hydrogens (tertiary/aromatic N) is 1. The first kappa shape index (κ1) is 12.7. The molecule has 3 nitrogen and oxygen atoms in total. The molecule has 1 aromatic carbocycles. The average Bonchev–Trinajstić information content (AvgIpc) is 2.40. The van der Waals surface area contributed by atoms with Gasteiger partial charge in [0.1, 0.15) is 5.75 Å². The molecule has 1 saturated heterocycles. The zero-order valence-electron chi connectivity index (χ0n) is 10.2. The number of hydrogen-bond acceptors (Lipinski definition) is 3. The average molecular weight is 255 g/mol. The van der Waals surface area contributed by atoms with Crippen molar-refractivity contribution in [2.24, 2.45) is 0 Å². The summed E-state index contributed by atoms with van der Waals surface area (Å²) >= 11 is 6.47. The summed E-state index contributed by atoms with van der Waals surface area (Å²) in [5.41, 5.74) is 1.22. The Bertz CT molecular complexity index is 353. The summed E-state index contributed by atoms with van der Waals surface area (Å²) in [6.45, 7) is 4.08. The van der Waals surface area contributed by atoms with Gasteiger partial charge in [-0.2, -0.15) is 0 Å². The van der Waals surface area contributed by atoms with Gasteiger partial charge < -0.3 is 10.1 Å². The Morgan fingerprint density at radius 3 is 2.76 bits per heavy atom. The largest absolute Gasteiger partial charge is 0.496 e. The summed E-state index contributed by atoms with van der Waals surface area (Å²) in [5.74, 6) is 0.924. The first-order valence-electron chi connectivity index (χ1n) is 6.02. The summed E-state index contributed by atoms with van der Waals surface area (Å²) < 4.78 is 5.34. The van der Waals surface area contributed by atoms with Gasteiger partial charge in [0.15, 0.2) is 0 Å². The van der Waals surface area contributed by atoms with E-state index < -0.39 is 0 Å². The van der Waals surface area contributed by atoms with Crippen molar-refractivity contribution in [2.45, 2.75) is 11.9 Å². The molecule has 0 saturated carbocycles. The summed E-state index contributed by atoms with van der Waals surface area (Å²) in [7, 11) is 1.70. The molecule has 1 fully saturated rings. The number of halogens is 1. The molecule has 0 spiro atoms. The molecule has 4 heteroatoms. The van der Waals surface area contributed by atoms with Gasteiger partial charge in [-0.3, -0.25) is 4.90 Å². The van der Waals surface area contributed by atoms with E-state index in [1.54, 1.807) is 7.11 Å². The molecule has 0 aromatic heterocycles. The minimum atomic E-state index is 0.0494. The van der Waals surface area contributed by atoms with Crippen LogP contribution in [0.15, 0.2) is 24.3 Å². The van der Waals surface area contributed by atoms with Crippen molar-refractivity contribution in [1.29, 1.82) is 0 Å². The minimum absolute atomic E-state index is 0.0494. The topological polar surface area (TPSA) is 24.5 Å². The molecule has 0 amide bonds. The Kier molecular flexibility index (Phi) is 4.66. The Morgan fingerprint density at radius 1 is 1.35 bits per heavy atom. The lowest BCUT2D eigenvalue weighted by atomic mass is 10.1. The number of nitrogens with one attached hydrogen (secondary N) is 1. The highest BCUT2D eigenvalue weighted by atomic mass is 35.5. The van der Waals surface area contributed by atoms with Crippen molar-refractivity contribution < 1.29 is 4.74 Å². The Balaban J connectivity index is 1.99. The summed E-state index contributed by atoms with van der Waals surface area (Å²) in [6, 6.07) is 8.07. The van der Waals surface area contributed by atoms with Crippen LogP contribution in [0.1, 0.15) is 5.56 Å². The molecule has 1 aliphatic rings. The van der Waals surface area contributed by atoms with Crippen LogP contribution in [0.2, 0.25) is 0 Å². The Morgan fingerprint density at radius 2 is 2.06 bits per heavy atom. The quantitative estimate of drug-likeness (QED) is 0.654. The van der Waals surface area contributed by atoms with Gasteiger partial charge in [0, 0.05) is 32.6 Å². The number of benzene rings is 1. The highest BCUT2D eigenvalue weighted by Crippen LogP contribution is 2.22. The molecule has 1 unspecified atom stereocenters. The third-order valence-corrected chi connectivity index (χ3v) is 3.56. The number of hydrogen-bond donors (Lipinski definition) is 1. The van der Waals surface area contributed by atoms with E-state index in [2.05, 4.69) is 16.3 Å². The van der Waals surface area contributed by atoms with Crippen molar-refractivity contribution in [3.63, 3.8) is 0 Å².